The van der Waals surface area contributed by atoms with Crippen molar-refractivity contribution in [2.24, 2.45) is 5.92 Å². The maximum Gasteiger partial charge on any atom is 0.346 e. The highest BCUT2D eigenvalue weighted by molar-refractivity contribution is 7.21. The van der Waals surface area contributed by atoms with Gasteiger partial charge in [0.1, 0.15) is 10.7 Å². The van der Waals surface area contributed by atoms with E-state index in [0.717, 1.165) is 17.8 Å². The Balaban J connectivity index is 2.37. The summed E-state index contributed by atoms with van der Waals surface area (Å²) in [5.41, 5.74) is 0.552. The largest absolute Gasteiger partial charge is 0.477 e. The molecule has 2 atom stereocenters. The number of thiophene rings is 1. The van der Waals surface area contributed by atoms with Crippen LogP contribution >= 0.6 is 11.3 Å². The van der Waals surface area contributed by atoms with Gasteiger partial charge in [-0.2, -0.15) is 0 Å². The molecule has 2 aromatic rings. The molecule has 0 bridgehead atoms. The molecule has 0 amide bonds. The molecule has 2 rings (SSSR count). The van der Waals surface area contributed by atoms with Crippen LogP contribution < -0.4 is 5.32 Å². The van der Waals surface area contributed by atoms with E-state index in [-0.39, 0.29) is 16.7 Å². The average Bonchev–Trinajstić information content (AvgIpc) is 2.84. The molecule has 0 aliphatic rings. The lowest BCUT2D eigenvalue weighted by molar-refractivity contribution is 0.0701. The number of benzene rings is 1. The van der Waals surface area contributed by atoms with Gasteiger partial charge in [-0.1, -0.05) is 26.3 Å². The minimum atomic E-state index is -0.997. The maximum absolute atomic E-state index is 14.1. The predicted octanol–water partition coefficient (Wildman–Crippen LogP) is 4.26. The van der Waals surface area contributed by atoms with Gasteiger partial charge in [-0.15, -0.1) is 11.3 Å². The number of halogens is 1. The van der Waals surface area contributed by atoms with E-state index in [9.17, 15) is 14.3 Å². The summed E-state index contributed by atoms with van der Waals surface area (Å²) in [6.45, 7) is 6.70. The van der Waals surface area contributed by atoms with Crippen LogP contribution in [0.1, 0.15) is 42.4 Å². The number of aromatic carboxylic acids is 1. The van der Waals surface area contributed by atoms with Gasteiger partial charge in [0.25, 0.3) is 0 Å². The quantitative estimate of drug-likeness (QED) is 0.838. The van der Waals surface area contributed by atoms with E-state index < -0.39 is 5.97 Å². The highest BCUT2D eigenvalue weighted by Crippen LogP contribution is 2.33. The number of hydrogen-bond acceptors (Lipinski definition) is 3. The number of carbonyl (C=O) groups is 1. The fourth-order valence-corrected chi connectivity index (χ4v) is 3.40. The highest BCUT2D eigenvalue weighted by atomic mass is 32.1. The van der Waals surface area contributed by atoms with E-state index in [4.69, 9.17) is 0 Å². The maximum atomic E-state index is 14.1. The molecule has 0 aliphatic heterocycles. The second-order valence-corrected chi connectivity index (χ2v) is 6.44. The molecular formula is C16H20FNO2S. The molecule has 1 heterocycles. The molecule has 5 heteroatoms. The summed E-state index contributed by atoms with van der Waals surface area (Å²) in [5.74, 6) is -0.874. The number of nitrogens with one attached hydrogen (secondary N) is 1. The second kappa shape index (κ2) is 6.54. The number of carboxylic acid groups (broad SMARTS) is 1. The van der Waals surface area contributed by atoms with Crippen molar-refractivity contribution in [2.75, 3.05) is 0 Å². The van der Waals surface area contributed by atoms with Crippen LogP contribution in [0.4, 0.5) is 4.39 Å². The normalized spacial score (nSPS) is 14.3. The number of fused-ring (bicyclic) bond motifs is 1. The van der Waals surface area contributed by atoms with Crippen molar-refractivity contribution >= 4 is 27.4 Å². The van der Waals surface area contributed by atoms with Gasteiger partial charge >= 0.3 is 5.97 Å². The third-order valence-electron chi connectivity index (χ3n) is 4.06. The van der Waals surface area contributed by atoms with Crippen molar-refractivity contribution in [3.63, 3.8) is 0 Å². The minimum Gasteiger partial charge on any atom is -0.477 e. The van der Waals surface area contributed by atoms with Crippen LogP contribution in [0.5, 0.6) is 0 Å². The van der Waals surface area contributed by atoms with Crippen LogP contribution in [-0.4, -0.2) is 17.1 Å². The smallest absolute Gasteiger partial charge is 0.346 e. The SMILES string of the molecule is CCC(C)C(C)NCc1c(C(=O)O)sc2cccc(F)c12. The van der Waals surface area contributed by atoms with Gasteiger partial charge in [0.05, 0.1) is 0 Å². The first kappa shape index (κ1) is 15.9. The van der Waals surface area contributed by atoms with Crippen LogP contribution in [0.25, 0.3) is 10.1 Å². The van der Waals surface area contributed by atoms with Gasteiger partial charge in [-0.3, -0.25) is 0 Å². The van der Waals surface area contributed by atoms with E-state index in [1.165, 1.54) is 6.07 Å². The van der Waals surface area contributed by atoms with Gasteiger partial charge < -0.3 is 10.4 Å². The Kier molecular flexibility index (Phi) is 4.96. The van der Waals surface area contributed by atoms with Crippen LogP contribution in [0.3, 0.4) is 0 Å². The van der Waals surface area contributed by atoms with Gasteiger partial charge in [-0.25, -0.2) is 9.18 Å². The average molecular weight is 309 g/mol. The van der Waals surface area contributed by atoms with Crippen LogP contribution in [0.2, 0.25) is 0 Å². The molecule has 1 aromatic carbocycles. The zero-order valence-electron chi connectivity index (χ0n) is 12.4. The summed E-state index contributed by atoms with van der Waals surface area (Å²) < 4.78 is 14.7. The summed E-state index contributed by atoms with van der Waals surface area (Å²) in [4.78, 5) is 11.6. The zero-order chi connectivity index (χ0) is 15.6. The Morgan fingerprint density at radius 3 is 2.76 bits per heavy atom. The Bertz CT molecular complexity index is 653. The lowest BCUT2D eigenvalue weighted by Gasteiger charge is -2.20. The minimum absolute atomic E-state index is 0.221. The standard InChI is InChI=1S/C16H20FNO2S/c1-4-9(2)10(3)18-8-11-14-12(17)6-5-7-13(14)21-15(11)16(19)20/h5-7,9-10,18H,4,8H2,1-3H3,(H,19,20). The zero-order valence-corrected chi connectivity index (χ0v) is 13.3. The first-order chi connectivity index (χ1) is 9.95. The molecule has 0 saturated carbocycles. The first-order valence-corrected chi connectivity index (χ1v) is 7.93. The first-order valence-electron chi connectivity index (χ1n) is 7.12. The Labute approximate surface area is 127 Å². The van der Waals surface area contributed by atoms with E-state index in [1.807, 2.05) is 0 Å². The topological polar surface area (TPSA) is 49.3 Å². The molecule has 114 valence electrons. The molecule has 0 radical (unpaired) electrons. The van der Waals surface area contributed by atoms with E-state index in [2.05, 4.69) is 26.1 Å². The van der Waals surface area contributed by atoms with Crippen molar-refractivity contribution in [3.8, 4) is 0 Å². The van der Waals surface area contributed by atoms with Gasteiger partial charge in [0.2, 0.25) is 0 Å². The van der Waals surface area contributed by atoms with Crippen LogP contribution in [0.15, 0.2) is 18.2 Å². The van der Waals surface area contributed by atoms with Crippen molar-refractivity contribution in [1.82, 2.24) is 5.32 Å². The van der Waals surface area contributed by atoms with Crippen molar-refractivity contribution in [1.29, 1.82) is 0 Å². The highest BCUT2D eigenvalue weighted by Gasteiger charge is 2.21. The predicted molar refractivity (Wildman–Crippen MR) is 84.5 cm³/mol. The van der Waals surface area contributed by atoms with Gasteiger partial charge in [-0.05, 0) is 25.0 Å². The molecule has 1 aromatic heterocycles. The molecule has 2 N–H and O–H groups in total. The van der Waals surface area contributed by atoms with Crippen molar-refractivity contribution < 1.29 is 14.3 Å². The molecule has 0 saturated heterocycles. The Hall–Kier alpha value is -1.46. The summed E-state index contributed by atoms with van der Waals surface area (Å²) in [6, 6.07) is 5.00. The third-order valence-corrected chi connectivity index (χ3v) is 5.24. The number of hydrogen-bond donors (Lipinski definition) is 2. The van der Waals surface area contributed by atoms with E-state index >= 15 is 0 Å². The lowest BCUT2D eigenvalue weighted by Crippen LogP contribution is -2.31. The monoisotopic (exact) mass is 309 g/mol. The molecule has 2 unspecified atom stereocenters. The Morgan fingerprint density at radius 1 is 1.43 bits per heavy atom. The number of rotatable bonds is 6. The van der Waals surface area contributed by atoms with Crippen molar-refractivity contribution in [2.45, 2.75) is 39.8 Å². The summed E-state index contributed by atoms with van der Waals surface area (Å²) >= 11 is 1.13. The fraction of sp³-hybridized carbons (Fsp3) is 0.438. The molecule has 0 aliphatic carbocycles. The third kappa shape index (κ3) is 3.24. The van der Waals surface area contributed by atoms with Gasteiger partial charge in [0, 0.05) is 28.2 Å². The molecule has 3 nitrogen and oxygen atoms in total. The number of carboxylic acids is 1. The summed E-state index contributed by atoms with van der Waals surface area (Å²) in [5, 5.41) is 13.1. The van der Waals surface area contributed by atoms with E-state index in [0.29, 0.717) is 28.1 Å². The molecule has 0 spiro atoms. The summed E-state index contributed by atoms with van der Waals surface area (Å²) in [7, 11) is 0. The molecule has 0 fully saturated rings. The fourth-order valence-electron chi connectivity index (χ4n) is 2.33. The van der Waals surface area contributed by atoms with Crippen LogP contribution in [0, 0.1) is 11.7 Å². The molecule has 21 heavy (non-hydrogen) atoms. The van der Waals surface area contributed by atoms with Crippen molar-refractivity contribution in [3.05, 3.63) is 34.5 Å². The Morgan fingerprint density at radius 2 is 2.14 bits per heavy atom. The van der Waals surface area contributed by atoms with Crippen LogP contribution in [-0.2, 0) is 6.54 Å². The summed E-state index contributed by atoms with van der Waals surface area (Å²) in [6.07, 6.45) is 1.04. The van der Waals surface area contributed by atoms with E-state index in [1.54, 1.807) is 12.1 Å². The van der Waals surface area contributed by atoms with Gasteiger partial charge in [0.15, 0.2) is 0 Å². The lowest BCUT2D eigenvalue weighted by atomic mass is 10.0. The second-order valence-electron chi connectivity index (χ2n) is 5.38. The molecular weight excluding hydrogens is 289 g/mol.